The van der Waals surface area contributed by atoms with Crippen LogP contribution in [0.25, 0.3) is 0 Å². The zero-order valence-electron chi connectivity index (χ0n) is 21.2. The number of benzene rings is 2. The number of carbonyl (C=O) groups is 1. The first-order valence-corrected chi connectivity index (χ1v) is 14.1. The number of rotatable bonds is 9. The van der Waals surface area contributed by atoms with E-state index in [2.05, 4.69) is 41.4 Å². The molecule has 2 aromatic rings. The van der Waals surface area contributed by atoms with Crippen molar-refractivity contribution >= 4 is 27.3 Å². The second kappa shape index (κ2) is 11.3. The van der Waals surface area contributed by atoms with Crippen molar-refractivity contribution in [2.45, 2.75) is 59.4 Å². The van der Waals surface area contributed by atoms with E-state index in [9.17, 15) is 13.2 Å². The van der Waals surface area contributed by atoms with Crippen LogP contribution < -0.4 is 14.5 Å². The predicted molar refractivity (Wildman–Crippen MR) is 141 cm³/mol. The van der Waals surface area contributed by atoms with Crippen molar-refractivity contribution in [3.63, 3.8) is 0 Å². The number of carbonyl (C=O) groups excluding carboxylic acids is 1. The van der Waals surface area contributed by atoms with Crippen molar-refractivity contribution < 1.29 is 13.2 Å². The number of nitrogens with zero attached hydrogens (tertiary/aromatic N) is 2. The summed E-state index contributed by atoms with van der Waals surface area (Å²) in [6, 6.07) is 14.1. The Morgan fingerprint density at radius 3 is 2.24 bits per heavy atom. The Labute approximate surface area is 205 Å². The number of nitrogens with one attached hydrogen (secondary N) is 1. The van der Waals surface area contributed by atoms with Gasteiger partial charge >= 0.3 is 0 Å². The van der Waals surface area contributed by atoms with Crippen LogP contribution in [0.4, 0.5) is 11.4 Å². The van der Waals surface area contributed by atoms with Gasteiger partial charge in [0.2, 0.25) is 15.9 Å². The van der Waals surface area contributed by atoms with Crippen LogP contribution in [0.3, 0.4) is 0 Å². The van der Waals surface area contributed by atoms with Gasteiger partial charge in [-0.3, -0.25) is 9.10 Å². The first-order chi connectivity index (χ1) is 16.0. The van der Waals surface area contributed by atoms with Gasteiger partial charge in [0.15, 0.2) is 0 Å². The van der Waals surface area contributed by atoms with Gasteiger partial charge in [-0.05, 0) is 86.9 Å². The lowest BCUT2D eigenvalue weighted by atomic mass is 9.98. The highest BCUT2D eigenvalue weighted by atomic mass is 32.2. The Balaban J connectivity index is 1.52. The number of hydrogen-bond donors (Lipinski definition) is 1. The van der Waals surface area contributed by atoms with Crippen molar-refractivity contribution in [1.82, 2.24) is 5.32 Å². The largest absolute Gasteiger partial charge is 0.372 e. The Hall–Kier alpha value is -2.54. The Kier molecular flexibility index (Phi) is 8.63. The van der Waals surface area contributed by atoms with Crippen molar-refractivity contribution in [3.8, 4) is 0 Å². The minimum atomic E-state index is -3.43. The third-order valence-corrected chi connectivity index (χ3v) is 7.77. The second-order valence-corrected chi connectivity index (χ2v) is 11.7. The van der Waals surface area contributed by atoms with E-state index in [-0.39, 0.29) is 24.9 Å². The number of piperidine rings is 1. The quantitative estimate of drug-likeness (QED) is 0.545. The van der Waals surface area contributed by atoms with Gasteiger partial charge in [-0.1, -0.05) is 25.1 Å². The molecule has 0 radical (unpaired) electrons. The SMILES string of the molecule is Cc1cc(C)cc(N(CCCC(=O)NC(C)c2ccc(N3CCC(C)CC3)cc2)S(C)(=O)=O)c1. The van der Waals surface area contributed by atoms with Gasteiger partial charge in [0.1, 0.15) is 0 Å². The summed E-state index contributed by atoms with van der Waals surface area (Å²) in [6.07, 6.45) is 4.39. The van der Waals surface area contributed by atoms with Gasteiger partial charge in [0.05, 0.1) is 18.0 Å². The Morgan fingerprint density at radius 2 is 1.68 bits per heavy atom. The molecule has 0 aromatic heterocycles. The van der Waals surface area contributed by atoms with Gasteiger partial charge < -0.3 is 10.2 Å². The van der Waals surface area contributed by atoms with Crippen LogP contribution in [0.2, 0.25) is 0 Å². The molecule has 1 unspecified atom stereocenters. The number of aryl methyl sites for hydroxylation is 2. The normalized spacial score (nSPS) is 15.7. The maximum absolute atomic E-state index is 12.6. The Morgan fingerprint density at radius 1 is 1.09 bits per heavy atom. The summed E-state index contributed by atoms with van der Waals surface area (Å²) in [5.74, 6) is 0.728. The fraction of sp³-hybridized carbons (Fsp3) is 0.519. The van der Waals surface area contributed by atoms with E-state index in [4.69, 9.17) is 0 Å². The molecule has 1 atom stereocenters. The summed E-state index contributed by atoms with van der Waals surface area (Å²) in [5.41, 5.74) is 4.97. The summed E-state index contributed by atoms with van der Waals surface area (Å²) in [5, 5.41) is 3.05. The molecule has 1 heterocycles. The maximum Gasteiger partial charge on any atom is 0.232 e. The van der Waals surface area contributed by atoms with E-state index in [1.54, 1.807) is 0 Å². The smallest absolute Gasteiger partial charge is 0.232 e. The summed E-state index contributed by atoms with van der Waals surface area (Å²) in [4.78, 5) is 15.0. The summed E-state index contributed by atoms with van der Waals surface area (Å²) >= 11 is 0. The molecule has 1 amide bonds. The molecular formula is C27H39N3O3S. The number of anilines is 2. The van der Waals surface area contributed by atoms with E-state index in [1.165, 1.54) is 29.1 Å². The molecule has 1 aliphatic rings. The molecule has 7 heteroatoms. The lowest BCUT2D eigenvalue weighted by Gasteiger charge is -2.32. The third kappa shape index (κ3) is 7.23. The maximum atomic E-state index is 12.6. The standard InChI is InChI=1S/C27H39N3O3S/c1-20-12-15-29(16-13-20)25-10-8-24(9-11-25)23(4)28-27(31)7-6-14-30(34(5,32)33)26-18-21(2)17-22(3)19-26/h8-11,17-20,23H,6-7,12-16H2,1-5H3,(H,28,31). The molecule has 34 heavy (non-hydrogen) atoms. The number of hydrogen-bond acceptors (Lipinski definition) is 4. The van der Waals surface area contributed by atoms with Crippen LogP contribution in [-0.4, -0.2) is 40.2 Å². The molecule has 0 bridgehead atoms. The van der Waals surface area contributed by atoms with Crippen molar-refractivity contribution in [2.24, 2.45) is 5.92 Å². The van der Waals surface area contributed by atoms with Crippen LogP contribution in [0, 0.1) is 19.8 Å². The first-order valence-electron chi connectivity index (χ1n) is 12.2. The van der Waals surface area contributed by atoms with Crippen LogP contribution in [0.1, 0.15) is 62.3 Å². The lowest BCUT2D eigenvalue weighted by Crippen LogP contribution is -2.33. The summed E-state index contributed by atoms with van der Waals surface area (Å²) < 4.78 is 26.1. The predicted octanol–water partition coefficient (Wildman–Crippen LogP) is 4.96. The molecule has 0 aliphatic carbocycles. The van der Waals surface area contributed by atoms with Gasteiger partial charge in [-0.2, -0.15) is 0 Å². The minimum absolute atomic E-state index is 0.0736. The zero-order chi connectivity index (χ0) is 24.9. The van der Waals surface area contributed by atoms with E-state index < -0.39 is 10.0 Å². The van der Waals surface area contributed by atoms with Crippen molar-refractivity contribution in [2.75, 3.05) is 35.1 Å². The molecular weight excluding hydrogens is 446 g/mol. The topological polar surface area (TPSA) is 69.7 Å². The highest BCUT2D eigenvalue weighted by Gasteiger charge is 2.19. The highest BCUT2D eigenvalue weighted by Crippen LogP contribution is 2.25. The monoisotopic (exact) mass is 485 g/mol. The van der Waals surface area contributed by atoms with Crippen LogP contribution in [-0.2, 0) is 14.8 Å². The van der Waals surface area contributed by atoms with E-state index in [0.29, 0.717) is 12.1 Å². The average molecular weight is 486 g/mol. The van der Waals surface area contributed by atoms with E-state index in [1.807, 2.05) is 39.0 Å². The van der Waals surface area contributed by atoms with Gasteiger partial charge in [-0.15, -0.1) is 0 Å². The molecule has 0 saturated carbocycles. The molecule has 1 N–H and O–H groups in total. The van der Waals surface area contributed by atoms with Crippen LogP contribution >= 0.6 is 0 Å². The van der Waals surface area contributed by atoms with Gasteiger partial charge in [0, 0.05) is 31.7 Å². The minimum Gasteiger partial charge on any atom is -0.372 e. The van der Waals surface area contributed by atoms with Gasteiger partial charge in [-0.25, -0.2) is 8.42 Å². The third-order valence-electron chi connectivity index (χ3n) is 6.58. The molecule has 3 rings (SSSR count). The van der Waals surface area contributed by atoms with E-state index >= 15 is 0 Å². The van der Waals surface area contributed by atoms with Crippen LogP contribution in [0.15, 0.2) is 42.5 Å². The molecule has 2 aromatic carbocycles. The highest BCUT2D eigenvalue weighted by molar-refractivity contribution is 7.92. The Bertz CT molecular complexity index is 1050. The molecule has 1 fully saturated rings. The summed E-state index contributed by atoms with van der Waals surface area (Å²) in [6.45, 7) is 10.7. The van der Waals surface area contributed by atoms with Crippen LogP contribution in [0.5, 0.6) is 0 Å². The molecule has 1 saturated heterocycles. The summed E-state index contributed by atoms with van der Waals surface area (Å²) in [7, 11) is -3.43. The molecule has 0 spiro atoms. The molecule has 6 nitrogen and oxygen atoms in total. The number of sulfonamides is 1. The van der Waals surface area contributed by atoms with Crippen molar-refractivity contribution in [3.05, 3.63) is 59.2 Å². The fourth-order valence-corrected chi connectivity index (χ4v) is 5.55. The number of amides is 1. The second-order valence-electron chi connectivity index (χ2n) is 9.83. The zero-order valence-corrected chi connectivity index (χ0v) is 22.0. The van der Waals surface area contributed by atoms with Gasteiger partial charge in [0.25, 0.3) is 0 Å². The first kappa shape index (κ1) is 26.1. The lowest BCUT2D eigenvalue weighted by molar-refractivity contribution is -0.121. The van der Waals surface area contributed by atoms with Crippen molar-refractivity contribution in [1.29, 1.82) is 0 Å². The fourth-order valence-electron chi connectivity index (χ4n) is 4.60. The molecule has 186 valence electrons. The average Bonchev–Trinajstić information content (AvgIpc) is 2.76. The van der Waals surface area contributed by atoms with E-state index in [0.717, 1.165) is 35.7 Å². The molecule has 1 aliphatic heterocycles.